The quantitative estimate of drug-likeness (QED) is 0.647. The van der Waals surface area contributed by atoms with E-state index in [2.05, 4.69) is 0 Å². The van der Waals surface area contributed by atoms with Crippen molar-refractivity contribution in [2.45, 2.75) is 32.6 Å². The summed E-state index contributed by atoms with van der Waals surface area (Å²) in [6, 6.07) is 4.72. The summed E-state index contributed by atoms with van der Waals surface area (Å²) in [6.07, 6.45) is -0.333. The highest BCUT2D eigenvalue weighted by Gasteiger charge is 2.21. The summed E-state index contributed by atoms with van der Waals surface area (Å²) in [5.74, 6) is -1.07. The van der Waals surface area contributed by atoms with Crippen molar-refractivity contribution in [3.8, 4) is 0 Å². The van der Waals surface area contributed by atoms with E-state index >= 15 is 0 Å². The van der Waals surface area contributed by atoms with Gasteiger partial charge in [-0.1, -0.05) is 32.9 Å². The summed E-state index contributed by atoms with van der Waals surface area (Å²) in [6.45, 7) is 5.84. The molecule has 0 bridgehead atoms. The largest absolute Gasteiger partial charge is 0.481 e. The molecule has 0 fully saturated rings. The zero-order chi connectivity index (χ0) is 13.2. The number of carboxylic acid groups (broad SMARTS) is 1. The number of carboxylic acids is 1. The van der Waals surface area contributed by atoms with Gasteiger partial charge in [0.25, 0.3) is 5.69 Å². The lowest BCUT2D eigenvalue weighted by Crippen LogP contribution is -2.12. The highest BCUT2D eigenvalue weighted by atomic mass is 16.6. The normalized spacial score (nSPS) is 11.2. The fraction of sp³-hybridized carbons (Fsp3) is 0.417. The molecule has 17 heavy (non-hydrogen) atoms. The van der Waals surface area contributed by atoms with E-state index in [1.807, 2.05) is 20.8 Å². The summed E-state index contributed by atoms with van der Waals surface area (Å²) in [4.78, 5) is 21.0. The van der Waals surface area contributed by atoms with Crippen LogP contribution in [0.2, 0.25) is 0 Å². The summed E-state index contributed by atoms with van der Waals surface area (Å²) in [5.41, 5.74) is 0.723. The van der Waals surface area contributed by atoms with Crippen molar-refractivity contribution in [2.24, 2.45) is 0 Å². The fourth-order valence-electron chi connectivity index (χ4n) is 1.51. The topological polar surface area (TPSA) is 80.4 Å². The number of nitro groups is 1. The molecule has 5 nitrogen and oxygen atoms in total. The lowest BCUT2D eigenvalue weighted by atomic mass is 9.86. The number of hydrogen-bond donors (Lipinski definition) is 1. The second-order valence-corrected chi connectivity index (χ2v) is 4.92. The number of benzene rings is 1. The summed E-state index contributed by atoms with van der Waals surface area (Å²) >= 11 is 0. The molecular formula is C12H15NO4. The van der Waals surface area contributed by atoms with Crippen molar-refractivity contribution in [3.05, 3.63) is 39.4 Å². The predicted molar refractivity (Wildman–Crippen MR) is 63.1 cm³/mol. The third kappa shape index (κ3) is 3.27. The molecule has 0 aliphatic rings. The predicted octanol–water partition coefficient (Wildman–Crippen LogP) is 2.52. The Labute approximate surface area is 99.2 Å². The first kappa shape index (κ1) is 13.2. The second kappa shape index (κ2) is 4.53. The first-order valence-corrected chi connectivity index (χ1v) is 5.21. The summed E-state index contributed by atoms with van der Waals surface area (Å²) < 4.78 is 0. The number of rotatable bonds is 3. The van der Waals surface area contributed by atoms with Crippen LogP contribution in [-0.2, 0) is 16.6 Å². The van der Waals surface area contributed by atoms with Crippen molar-refractivity contribution in [1.29, 1.82) is 0 Å². The molecular weight excluding hydrogens is 222 g/mol. The van der Waals surface area contributed by atoms with Gasteiger partial charge in [-0.25, -0.2) is 0 Å². The van der Waals surface area contributed by atoms with E-state index < -0.39 is 10.9 Å². The maximum atomic E-state index is 10.9. The zero-order valence-corrected chi connectivity index (χ0v) is 10.1. The highest BCUT2D eigenvalue weighted by molar-refractivity contribution is 5.72. The molecule has 0 amide bonds. The van der Waals surface area contributed by atoms with Gasteiger partial charge in [0.1, 0.15) is 0 Å². The standard InChI is InChI=1S/C12H15NO4/c1-12(2,3)9-5-4-8(6-11(14)15)10(7-9)13(16)17/h4-5,7H,6H2,1-3H3,(H,14,15). The third-order valence-electron chi connectivity index (χ3n) is 2.49. The van der Waals surface area contributed by atoms with Gasteiger partial charge in [-0.05, 0) is 11.0 Å². The molecule has 0 radical (unpaired) electrons. The van der Waals surface area contributed by atoms with Crippen molar-refractivity contribution < 1.29 is 14.8 Å². The first-order chi connectivity index (χ1) is 7.71. The molecule has 0 aliphatic carbocycles. The molecule has 5 heteroatoms. The fourth-order valence-corrected chi connectivity index (χ4v) is 1.51. The number of aliphatic carboxylic acids is 1. The van der Waals surface area contributed by atoms with Crippen LogP contribution in [0.4, 0.5) is 5.69 Å². The second-order valence-electron chi connectivity index (χ2n) is 4.92. The molecule has 0 aliphatic heterocycles. The Morgan fingerprint density at radius 1 is 1.41 bits per heavy atom. The molecule has 1 aromatic rings. The maximum absolute atomic E-state index is 10.9. The Morgan fingerprint density at radius 3 is 2.41 bits per heavy atom. The average molecular weight is 237 g/mol. The third-order valence-corrected chi connectivity index (χ3v) is 2.49. The minimum absolute atomic E-state index is 0.125. The first-order valence-electron chi connectivity index (χ1n) is 5.21. The van der Waals surface area contributed by atoms with Crippen LogP contribution in [0.15, 0.2) is 18.2 Å². The summed E-state index contributed by atoms with van der Waals surface area (Å²) in [7, 11) is 0. The van der Waals surface area contributed by atoms with Crippen LogP contribution >= 0.6 is 0 Å². The van der Waals surface area contributed by atoms with Crippen LogP contribution in [0.25, 0.3) is 0 Å². The van der Waals surface area contributed by atoms with Crippen LogP contribution < -0.4 is 0 Å². The minimum atomic E-state index is -1.07. The van der Waals surface area contributed by atoms with E-state index in [0.717, 1.165) is 5.56 Å². The highest BCUT2D eigenvalue weighted by Crippen LogP contribution is 2.28. The number of carbonyl (C=O) groups is 1. The molecule has 1 rings (SSSR count). The molecule has 1 N–H and O–H groups in total. The molecule has 0 atom stereocenters. The van der Waals surface area contributed by atoms with E-state index in [-0.39, 0.29) is 23.1 Å². The lowest BCUT2D eigenvalue weighted by Gasteiger charge is -2.19. The molecule has 0 saturated heterocycles. The van der Waals surface area contributed by atoms with Gasteiger partial charge in [0.15, 0.2) is 0 Å². The Balaban J connectivity index is 3.27. The van der Waals surface area contributed by atoms with Gasteiger partial charge >= 0.3 is 5.97 Å². The molecule has 0 spiro atoms. The van der Waals surface area contributed by atoms with E-state index in [9.17, 15) is 14.9 Å². The minimum Gasteiger partial charge on any atom is -0.481 e. The van der Waals surface area contributed by atoms with Gasteiger partial charge in [-0.3, -0.25) is 14.9 Å². The van der Waals surface area contributed by atoms with Crippen LogP contribution in [0, 0.1) is 10.1 Å². The van der Waals surface area contributed by atoms with Crippen LogP contribution in [0.5, 0.6) is 0 Å². The van der Waals surface area contributed by atoms with Gasteiger partial charge in [0.05, 0.1) is 11.3 Å². The van der Waals surface area contributed by atoms with Gasteiger partial charge in [-0.15, -0.1) is 0 Å². The van der Waals surface area contributed by atoms with E-state index in [1.54, 1.807) is 6.07 Å². The Morgan fingerprint density at radius 2 is 2.00 bits per heavy atom. The van der Waals surface area contributed by atoms with Gasteiger partial charge in [-0.2, -0.15) is 0 Å². The van der Waals surface area contributed by atoms with Gasteiger partial charge in [0, 0.05) is 11.6 Å². The molecule has 0 saturated carbocycles. The molecule has 0 heterocycles. The van der Waals surface area contributed by atoms with Crippen molar-refractivity contribution in [1.82, 2.24) is 0 Å². The Kier molecular flexibility index (Phi) is 3.50. The van der Waals surface area contributed by atoms with Crippen molar-refractivity contribution in [2.75, 3.05) is 0 Å². The molecule has 0 aromatic heterocycles. The summed E-state index contributed by atoms with van der Waals surface area (Å²) in [5, 5.41) is 19.6. The van der Waals surface area contributed by atoms with Crippen molar-refractivity contribution >= 4 is 11.7 Å². The smallest absolute Gasteiger partial charge is 0.308 e. The molecule has 1 aromatic carbocycles. The zero-order valence-electron chi connectivity index (χ0n) is 10.1. The number of hydrogen-bond acceptors (Lipinski definition) is 3. The van der Waals surface area contributed by atoms with E-state index in [4.69, 9.17) is 5.11 Å². The van der Waals surface area contributed by atoms with Gasteiger partial charge in [0.2, 0.25) is 0 Å². The number of nitrogens with zero attached hydrogens (tertiary/aromatic N) is 1. The van der Waals surface area contributed by atoms with Gasteiger partial charge < -0.3 is 5.11 Å². The molecule has 0 unspecified atom stereocenters. The Bertz CT molecular complexity index is 460. The van der Waals surface area contributed by atoms with E-state index in [1.165, 1.54) is 12.1 Å². The van der Waals surface area contributed by atoms with Crippen LogP contribution in [0.1, 0.15) is 31.9 Å². The van der Waals surface area contributed by atoms with Crippen LogP contribution in [0.3, 0.4) is 0 Å². The SMILES string of the molecule is CC(C)(C)c1ccc(CC(=O)O)c([N+](=O)[O-])c1. The monoisotopic (exact) mass is 237 g/mol. The van der Waals surface area contributed by atoms with Crippen molar-refractivity contribution in [3.63, 3.8) is 0 Å². The molecule has 92 valence electrons. The van der Waals surface area contributed by atoms with E-state index in [0.29, 0.717) is 0 Å². The Hall–Kier alpha value is -1.91. The number of nitro benzene ring substituents is 1. The van der Waals surface area contributed by atoms with Crippen LogP contribution in [-0.4, -0.2) is 16.0 Å². The maximum Gasteiger partial charge on any atom is 0.308 e. The average Bonchev–Trinajstić information content (AvgIpc) is 2.15. The lowest BCUT2D eigenvalue weighted by molar-refractivity contribution is -0.385.